The fourth-order valence-electron chi connectivity index (χ4n) is 4.21. The van der Waals surface area contributed by atoms with Crippen LogP contribution in [0.1, 0.15) is 28.8 Å². The van der Waals surface area contributed by atoms with Crippen molar-refractivity contribution in [2.45, 2.75) is 25.7 Å². The number of aromatic nitrogens is 2. The Morgan fingerprint density at radius 3 is 3.00 bits per heavy atom. The summed E-state index contributed by atoms with van der Waals surface area (Å²) in [6.45, 7) is 0.800. The zero-order valence-electron chi connectivity index (χ0n) is 19.3. The summed E-state index contributed by atoms with van der Waals surface area (Å²) in [5.41, 5.74) is 16.1. The zero-order chi connectivity index (χ0) is 24.2. The summed E-state index contributed by atoms with van der Waals surface area (Å²) < 4.78 is 5.94. The van der Waals surface area contributed by atoms with E-state index in [1.54, 1.807) is 42.7 Å². The van der Waals surface area contributed by atoms with Gasteiger partial charge < -0.3 is 20.7 Å². The van der Waals surface area contributed by atoms with Crippen LogP contribution in [0.4, 0.5) is 17.2 Å². The van der Waals surface area contributed by atoms with Crippen molar-refractivity contribution in [2.24, 2.45) is 11.0 Å². The first-order valence-electron chi connectivity index (χ1n) is 11.1. The maximum absolute atomic E-state index is 12.5. The van der Waals surface area contributed by atoms with Gasteiger partial charge in [-0.1, -0.05) is 0 Å². The minimum Gasteiger partial charge on any atom is -0.491 e. The molecule has 0 spiro atoms. The molecule has 0 saturated carbocycles. The van der Waals surface area contributed by atoms with Gasteiger partial charge in [0.25, 0.3) is 0 Å². The molecule has 2 heterocycles. The van der Waals surface area contributed by atoms with Gasteiger partial charge in [-0.2, -0.15) is 5.11 Å². The number of ether oxygens (including phenoxy) is 1. The van der Waals surface area contributed by atoms with E-state index in [0.717, 1.165) is 29.5 Å². The third kappa shape index (κ3) is 4.69. The highest BCUT2D eigenvalue weighted by atomic mass is 32.1. The van der Waals surface area contributed by atoms with E-state index in [4.69, 9.17) is 21.4 Å². The Labute approximate surface area is 201 Å². The van der Waals surface area contributed by atoms with Crippen LogP contribution in [0, 0.1) is 11.4 Å². The normalized spacial score (nSPS) is 14.9. The first kappa shape index (κ1) is 23.6. The number of nitrogens with two attached hydrogens (primary N) is 2. The first-order chi connectivity index (χ1) is 16.4. The largest absolute Gasteiger partial charge is 0.491 e. The van der Waals surface area contributed by atoms with Crippen molar-refractivity contribution in [3.8, 4) is 5.75 Å². The van der Waals surface area contributed by atoms with Gasteiger partial charge in [0.05, 0.1) is 29.8 Å². The molecule has 1 aromatic carbocycles. The Morgan fingerprint density at radius 1 is 1.44 bits per heavy atom. The Kier molecular flexibility index (Phi) is 7.01. The maximum atomic E-state index is 12.5. The third-order valence-corrected chi connectivity index (χ3v) is 7.09. The number of fused-ring (bicyclic) bond motifs is 3. The number of aryl methyl sites for hydroxylation is 1. The number of hydrogen-bond acceptors (Lipinski definition) is 9. The van der Waals surface area contributed by atoms with E-state index in [-0.39, 0.29) is 11.8 Å². The van der Waals surface area contributed by atoms with Gasteiger partial charge in [-0.05, 0) is 30.9 Å². The van der Waals surface area contributed by atoms with Gasteiger partial charge >= 0.3 is 0 Å². The van der Waals surface area contributed by atoms with E-state index >= 15 is 0 Å². The van der Waals surface area contributed by atoms with E-state index in [0.29, 0.717) is 48.1 Å². The lowest BCUT2D eigenvalue weighted by molar-refractivity contribution is -0.133. The van der Waals surface area contributed by atoms with E-state index in [9.17, 15) is 4.79 Å². The molecule has 6 N–H and O–H groups in total. The van der Waals surface area contributed by atoms with Crippen molar-refractivity contribution in [3.63, 3.8) is 0 Å². The zero-order valence-corrected chi connectivity index (χ0v) is 20.1. The lowest BCUT2D eigenvalue weighted by Crippen LogP contribution is -2.32. The average molecular weight is 482 g/mol. The number of rotatable bonds is 9. The molecule has 0 bridgehead atoms. The molecule has 11 heteroatoms. The standard InChI is InChI=1S/C23H28N8O2S/c1-31(2)23(32)13-4-5-15-19(9-13)34-22-20(15)21(27-12-28-22)30-17-8-14(11-24)16(25)10-18(17)33-7-3-6-29-26/h8,10-13,24,26H,3-7,9,25H2,1-2H3,(H,27,28,30)/p+1/t13-/m0/s1. The maximum Gasteiger partial charge on any atom is 0.225 e. The van der Waals surface area contributed by atoms with Crippen LogP contribution in [0.2, 0.25) is 0 Å². The molecule has 1 amide bonds. The van der Waals surface area contributed by atoms with Crippen LogP contribution < -0.4 is 21.2 Å². The molecule has 1 atom stereocenters. The van der Waals surface area contributed by atoms with Crippen molar-refractivity contribution >= 4 is 50.9 Å². The molecule has 1 aliphatic rings. The van der Waals surface area contributed by atoms with Gasteiger partial charge in [0.2, 0.25) is 5.91 Å². The monoisotopic (exact) mass is 481 g/mol. The van der Waals surface area contributed by atoms with Gasteiger partial charge in [0, 0.05) is 43.1 Å². The predicted molar refractivity (Wildman–Crippen MR) is 133 cm³/mol. The van der Waals surface area contributed by atoms with Crippen LogP contribution in [-0.4, -0.2) is 54.2 Å². The topological polar surface area (TPSA) is 155 Å². The number of carbonyl (C=O) groups is 1. The molecule has 4 rings (SSSR count). The first-order valence-corrected chi connectivity index (χ1v) is 11.9. The molecule has 10 nitrogen and oxygen atoms in total. The fraction of sp³-hybridized carbons (Fsp3) is 0.391. The number of hydrogen-bond donors (Lipinski definition) is 4. The molecule has 0 unspecified atom stereocenters. The smallest absolute Gasteiger partial charge is 0.225 e. The Morgan fingerprint density at radius 2 is 2.26 bits per heavy atom. The lowest BCUT2D eigenvalue weighted by Gasteiger charge is -2.24. The van der Waals surface area contributed by atoms with E-state index in [2.05, 4.69) is 20.4 Å². The second-order valence-electron chi connectivity index (χ2n) is 8.43. The molecule has 2 aromatic heterocycles. The number of carbonyl (C=O) groups excluding carboxylic acids is 1. The molecular formula is C23H29N8O2S+. The lowest BCUT2D eigenvalue weighted by atomic mass is 9.87. The highest BCUT2D eigenvalue weighted by Gasteiger charge is 2.30. The van der Waals surface area contributed by atoms with Crippen LogP contribution in [0.25, 0.3) is 10.2 Å². The van der Waals surface area contributed by atoms with Crippen molar-refractivity contribution in [3.05, 3.63) is 34.5 Å². The summed E-state index contributed by atoms with van der Waals surface area (Å²) >= 11 is 1.62. The third-order valence-electron chi connectivity index (χ3n) is 5.93. The molecule has 34 heavy (non-hydrogen) atoms. The summed E-state index contributed by atoms with van der Waals surface area (Å²) in [5.74, 6) is 1.41. The summed E-state index contributed by atoms with van der Waals surface area (Å²) in [4.78, 5) is 25.3. The Hall–Kier alpha value is -3.60. The predicted octanol–water partition coefficient (Wildman–Crippen LogP) is 2.19. The fourth-order valence-corrected chi connectivity index (χ4v) is 5.47. The van der Waals surface area contributed by atoms with E-state index in [1.807, 2.05) is 6.07 Å². The van der Waals surface area contributed by atoms with Crippen LogP contribution in [0.5, 0.6) is 5.75 Å². The van der Waals surface area contributed by atoms with Crippen molar-refractivity contribution in [1.82, 2.24) is 14.9 Å². The van der Waals surface area contributed by atoms with Gasteiger partial charge in [0.15, 0.2) is 6.21 Å². The molecule has 0 saturated heterocycles. The highest BCUT2D eigenvalue weighted by molar-refractivity contribution is 7.19. The van der Waals surface area contributed by atoms with E-state index < -0.39 is 0 Å². The molecule has 0 radical (unpaired) electrons. The molecular weight excluding hydrogens is 452 g/mol. The second kappa shape index (κ2) is 10.1. The van der Waals surface area contributed by atoms with Crippen LogP contribution in [-0.2, 0) is 17.6 Å². The molecule has 0 fully saturated rings. The Bertz CT molecular complexity index is 1240. The van der Waals surface area contributed by atoms with Crippen LogP contribution >= 0.6 is 11.3 Å². The van der Waals surface area contributed by atoms with Crippen LogP contribution in [0.15, 0.2) is 23.6 Å². The molecule has 3 aromatic rings. The number of benzene rings is 1. The van der Waals surface area contributed by atoms with Crippen molar-refractivity contribution < 1.29 is 14.9 Å². The summed E-state index contributed by atoms with van der Waals surface area (Å²) in [6.07, 6.45) is 5.93. The van der Waals surface area contributed by atoms with Gasteiger partial charge in [0.1, 0.15) is 22.7 Å². The number of nitrogens with one attached hydrogen (secondary N) is 2. The minimum atomic E-state index is -0.00450. The summed E-state index contributed by atoms with van der Waals surface area (Å²) in [6, 6.07) is 3.57. The SMILES string of the molecule is CN(C)C(=O)[C@H]1CCc2c(sc3ncnc(Nc4cc(C=[NH2+])c(N)cc4OCCCN=N)c23)C1. The van der Waals surface area contributed by atoms with Gasteiger partial charge in [-0.15, -0.1) is 11.3 Å². The number of anilines is 3. The number of nitrogen functional groups attached to an aromatic ring is 1. The summed E-state index contributed by atoms with van der Waals surface area (Å²) in [7, 11) is 3.61. The van der Waals surface area contributed by atoms with Crippen LogP contribution in [0.3, 0.4) is 0 Å². The van der Waals surface area contributed by atoms with Crippen molar-refractivity contribution in [2.75, 3.05) is 38.3 Å². The molecule has 178 valence electrons. The number of nitrogens with zero attached hydrogens (tertiary/aromatic N) is 4. The number of amides is 1. The van der Waals surface area contributed by atoms with Crippen molar-refractivity contribution in [1.29, 1.82) is 5.53 Å². The number of thiophene rings is 1. The van der Waals surface area contributed by atoms with Gasteiger partial charge in [-0.3, -0.25) is 10.2 Å². The second-order valence-corrected chi connectivity index (χ2v) is 9.51. The minimum absolute atomic E-state index is 0.00450. The Balaban J connectivity index is 1.68. The van der Waals surface area contributed by atoms with Gasteiger partial charge in [-0.25, -0.2) is 15.5 Å². The quantitative estimate of drug-likeness (QED) is 0.159. The molecule has 0 aliphatic heterocycles. The average Bonchev–Trinajstić information content (AvgIpc) is 3.21. The highest BCUT2D eigenvalue weighted by Crippen LogP contribution is 2.41. The van der Waals surface area contributed by atoms with E-state index in [1.165, 1.54) is 16.7 Å². The molecule has 1 aliphatic carbocycles. The summed E-state index contributed by atoms with van der Waals surface area (Å²) in [5, 5.41) is 13.5.